The van der Waals surface area contributed by atoms with Crippen molar-refractivity contribution in [3.8, 4) is 0 Å². The molecule has 1 aliphatic rings. The topological polar surface area (TPSA) is 62.0 Å². The molecule has 0 atom stereocenters. The Balaban J connectivity index is 1.78. The fourth-order valence-corrected chi connectivity index (χ4v) is 4.40. The number of nitrogens with one attached hydrogen (secondary N) is 1. The summed E-state index contributed by atoms with van der Waals surface area (Å²) in [4.78, 5) is 17.2. The standard InChI is InChI=1S/C17H14N4OS2/c1-11-19-20(17(18)23-11)10-16(22)21-12-6-2-4-8-14(12)24-15-9-5-3-7-13(15)21/h2-9,18H,10H2,1H3. The fourth-order valence-electron chi connectivity index (χ4n) is 2.71. The van der Waals surface area contributed by atoms with Crippen molar-refractivity contribution in [2.75, 3.05) is 4.90 Å². The zero-order valence-electron chi connectivity index (χ0n) is 12.9. The molecule has 4 rings (SSSR count). The van der Waals surface area contributed by atoms with Gasteiger partial charge in [-0.3, -0.25) is 15.1 Å². The summed E-state index contributed by atoms with van der Waals surface area (Å²) in [5.41, 5.74) is 1.76. The number of nitrogens with zero attached hydrogens (tertiary/aromatic N) is 3. The van der Waals surface area contributed by atoms with Crippen molar-refractivity contribution >= 4 is 40.4 Å². The van der Waals surface area contributed by atoms with Gasteiger partial charge in [-0.05, 0) is 31.2 Å². The van der Waals surface area contributed by atoms with Crippen LogP contribution in [-0.4, -0.2) is 15.7 Å². The van der Waals surface area contributed by atoms with E-state index in [1.807, 2.05) is 55.5 Å². The molecule has 0 fully saturated rings. The number of fused-ring (bicyclic) bond motifs is 2. The minimum absolute atomic E-state index is 0.0521. The van der Waals surface area contributed by atoms with Crippen LogP contribution in [0.25, 0.3) is 0 Å². The fraction of sp³-hybridized carbons (Fsp3) is 0.118. The smallest absolute Gasteiger partial charge is 0.253 e. The van der Waals surface area contributed by atoms with Gasteiger partial charge in [0.1, 0.15) is 11.6 Å². The second-order valence-corrected chi connectivity index (χ2v) is 7.62. The predicted octanol–water partition coefficient (Wildman–Crippen LogP) is 3.56. The second-order valence-electron chi connectivity index (χ2n) is 5.35. The number of benzene rings is 2. The summed E-state index contributed by atoms with van der Waals surface area (Å²) >= 11 is 2.94. The van der Waals surface area contributed by atoms with Crippen molar-refractivity contribution < 1.29 is 4.79 Å². The Hall–Kier alpha value is -2.38. The lowest BCUT2D eigenvalue weighted by molar-refractivity contribution is -0.118. The van der Waals surface area contributed by atoms with E-state index in [4.69, 9.17) is 5.41 Å². The van der Waals surface area contributed by atoms with Gasteiger partial charge in [-0.15, -0.1) is 0 Å². The average Bonchev–Trinajstić information content (AvgIpc) is 2.89. The first-order valence-corrected chi connectivity index (χ1v) is 9.05. The molecule has 1 aliphatic heterocycles. The van der Waals surface area contributed by atoms with E-state index < -0.39 is 0 Å². The van der Waals surface area contributed by atoms with E-state index in [-0.39, 0.29) is 17.3 Å². The lowest BCUT2D eigenvalue weighted by atomic mass is 10.2. The quantitative estimate of drug-likeness (QED) is 0.765. The zero-order valence-corrected chi connectivity index (χ0v) is 14.5. The van der Waals surface area contributed by atoms with Gasteiger partial charge >= 0.3 is 0 Å². The predicted molar refractivity (Wildman–Crippen MR) is 94.8 cm³/mol. The molecule has 120 valence electrons. The maximum Gasteiger partial charge on any atom is 0.253 e. The molecule has 1 amide bonds. The number of hydrogen-bond donors (Lipinski definition) is 1. The monoisotopic (exact) mass is 354 g/mol. The highest BCUT2D eigenvalue weighted by atomic mass is 32.2. The summed E-state index contributed by atoms with van der Waals surface area (Å²) in [6.07, 6.45) is 0. The molecule has 0 unspecified atom stereocenters. The Labute approximate surface area is 147 Å². The number of hydrogen-bond acceptors (Lipinski definition) is 5. The molecule has 24 heavy (non-hydrogen) atoms. The molecule has 0 aliphatic carbocycles. The largest absolute Gasteiger partial charge is 0.277 e. The molecule has 3 aromatic rings. The Morgan fingerprint density at radius 3 is 2.21 bits per heavy atom. The van der Waals surface area contributed by atoms with E-state index in [0.717, 1.165) is 26.2 Å². The van der Waals surface area contributed by atoms with Crippen LogP contribution < -0.4 is 9.70 Å². The lowest BCUT2D eigenvalue weighted by Crippen LogP contribution is -2.34. The van der Waals surface area contributed by atoms with E-state index in [2.05, 4.69) is 5.10 Å². The minimum atomic E-state index is -0.0981. The minimum Gasteiger partial charge on any atom is -0.277 e. The second kappa shape index (κ2) is 5.92. The van der Waals surface area contributed by atoms with Crippen molar-refractivity contribution in [2.24, 2.45) is 0 Å². The molecule has 7 heteroatoms. The molecule has 0 saturated carbocycles. The third kappa shape index (κ3) is 2.55. The molecule has 2 aromatic carbocycles. The van der Waals surface area contributed by atoms with Gasteiger partial charge in [0.2, 0.25) is 4.80 Å². The van der Waals surface area contributed by atoms with Crippen molar-refractivity contribution in [1.29, 1.82) is 5.41 Å². The van der Waals surface area contributed by atoms with E-state index >= 15 is 0 Å². The van der Waals surface area contributed by atoms with Crippen molar-refractivity contribution in [2.45, 2.75) is 23.3 Å². The molecule has 0 saturated heterocycles. The van der Waals surface area contributed by atoms with Crippen LogP contribution in [0.1, 0.15) is 5.01 Å². The van der Waals surface area contributed by atoms with Crippen molar-refractivity contribution in [1.82, 2.24) is 9.78 Å². The number of carbonyl (C=O) groups is 1. The van der Waals surface area contributed by atoms with Crippen LogP contribution in [0.15, 0.2) is 58.3 Å². The number of aryl methyl sites for hydroxylation is 1. The SMILES string of the molecule is Cc1nn(CC(=O)N2c3ccccc3Sc3ccccc32)c(=N)s1. The lowest BCUT2D eigenvalue weighted by Gasteiger charge is -2.30. The third-order valence-corrected chi connectivity index (χ3v) is 5.62. The Morgan fingerprint density at radius 1 is 1.08 bits per heavy atom. The third-order valence-electron chi connectivity index (χ3n) is 3.71. The molecule has 1 N–H and O–H groups in total. The van der Waals surface area contributed by atoms with Crippen LogP contribution in [0.5, 0.6) is 0 Å². The van der Waals surface area contributed by atoms with Crippen LogP contribution >= 0.6 is 23.1 Å². The van der Waals surface area contributed by atoms with Gasteiger partial charge in [0.05, 0.1) is 11.4 Å². The average molecular weight is 354 g/mol. The maximum atomic E-state index is 13.0. The number of aromatic nitrogens is 2. The summed E-state index contributed by atoms with van der Waals surface area (Å²) in [6.45, 7) is 1.89. The van der Waals surface area contributed by atoms with Crippen LogP contribution in [0, 0.1) is 12.3 Å². The van der Waals surface area contributed by atoms with Gasteiger partial charge in [0.15, 0.2) is 0 Å². The summed E-state index contributed by atoms with van der Waals surface area (Å²) < 4.78 is 1.45. The van der Waals surface area contributed by atoms with E-state index in [0.29, 0.717) is 0 Å². The van der Waals surface area contributed by atoms with Gasteiger partial charge in [-0.2, -0.15) is 5.10 Å². The van der Waals surface area contributed by atoms with Crippen LogP contribution in [0.4, 0.5) is 11.4 Å². The maximum absolute atomic E-state index is 13.0. The highest BCUT2D eigenvalue weighted by Gasteiger charge is 2.28. The van der Waals surface area contributed by atoms with Gasteiger partial charge < -0.3 is 0 Å². The Morgan fingerprint density at radius 2 is 1.67 bits per heavy atom. The molecule has 1 aromatic heterocycles. The van der Waals surface area contributed by atoms with Crippen LogP contribution in [0.3, 0.4) is 0 Å². The van der Waals surface area contributed by atoms with Crippen LogP contribution in [-0.2, 0) is 11.3 Å². The molecule has 0 radical (unpaired) electrons. The first-order valence-electron chi connectivity index (χ1n) is 7.41. The summed E-state index contributed by atoms with van der Waals surface area (Å²) in [7, 11) is 0. The van der Waals surface area contributed by atoms with Gasteiger partial charge in [-0.1, -0.05) is 47.4 Å². The normalized spacial score (nSPS) is 12.6. The van der Waals surface area contributed by atoms with E-state index in [9.17, 15) is 4.79 Å². The molecular weight excluding hydrogens is 340 g/mol. The van der Waals surface area contributed by atoms with Crippen molar-refractivity contribution in [3.63, 3.8) is 0 Å². The Kier molecular flexibility index (Phi) is 3.74. The van der Waals surface area contributed by atoms with E-state index in [1.165, 1.54) is 16.0 Å². The highest BCUT2D eigenvalue weighted by Crippen LogP contribution is 2.47. The molecule has 5 nitrogen and oxygen atoms in total. The number of amides is 1. The van der Waals surface area contributed by atoms with Gasteiger partial charge in [0, 0.05) is 9.79 Å². The number of para-hydroxylation sites is 2. The van der Waals surface area contributed by atoms with Crippen molar-refractivity contribution in [3.05, 3.63) is 58.3 Å². The molecular formula is C17H14N4OS2. The van der Waals surface area contributed by atoms with Gasteiger partial charge in [-0.25, -0.2) is 4.68 Å². The number of anilines is 2. The first-order chi connectivity index (χ1) is 11.6. The summed E-state index contributed by atoms with van der Waals surface area (Å²) in [6, 6.07) is 15.8. The highest BCUT2D eigenvalue weighted by molar-refractivity contribution is 7.99. The summed E-state index contributed by atoms with van der Waals surface area (Å²) in [5.74, 6) is -0.0981. The molecule has 0 spiro atoms. The van der Waals surface area contributed by atoms with Crippen LogP contribution in [0.2, 0.25) is 0 Å². The summed E-state index contributed by atoms with van der Waals surface area (Å²) in [5, 5.41) is 13.0. The zero-order chi connectivity index (χ0) is 16.7. The van der Waals surface area contributed by atoms with Gasteiger partial charge in [0.25, 0.3) is 5.91 Å². The number of carbonyl (C=O) groups excluding carboxylic acids is 1. The molecule has 2 heterocycles. The first kappa shape index (κ1) is 15.2. The number of rotatable bonds is 2. The molecule has 0 bridgehead atoms. The van der Waals surface area contributed by atoms with E-state index in [1.54, 1.807) is 16.7 Å². The Bertz CT molecular complexity index is 947.